The first kappa shape index (κ1) is 13.1. The molecule has 0 saturated carbocycles. The van der Waals surface area contributed by atoms with Gasteiger partial charge in [0.1, 0.15) is 18.2 Å². The Labute approximate surface area is 136 Å². The Morgan fingerprint density at radius 1 is 1.27 bits per heavy atom. The van der Waals surface area contributed by atoms with E-state index in [9.17, 15) is 4.39 Å². The number of methoxy groups -OCH3 is 1. The maximum absolute atomic E-state index is 14.4. The van der Waals surface area contributed by atoms with Gasteiger partial charge in [-0.05, 0) is 19.2 Å². The molecule has 1 aromatic rings. The van der Waals surface area contributed by atoms with Gasteiger partial charge < -0.3 is 19.7 Å². The minimum absolute atomic E-state index is 0.0569. The van der Waals surface area contributed by atoms with Crippen molar-refractivity contribution in [1.29, 1.82) is 0 Å². The third-order valence-electron chi connectivity index (χ3n) is 3.76. The summed E-state index contributed by atoms with van der Waals surface area (Å²) in [4.78, 5) is 4.39. The number of likely N-dealkylation sites (N-methyl/N-ethyl adjacent to an activating group) is 1. The van der Waals surface area contributed by atoms with E-state index < -0.39 is 7.04 Å². The topological polar surface area (TPSA) is 37.0 Å². The van der Waals surface area contributed by atoms with E-state index in [0.717, 1.165) is 39.3 Å². The lowest BCUT2D eigenvalue weighted by Gasteiger charge is -2.36. The fraction of sp³-hybridized carbons (Fsp3) is 0.625. The number of rotatable bonds is 8. The molecule has 22 heavy (non-hydrogen) atoms. The van der Waals surface area contributed by atoms with Crippen LogP contribution in [0.1, 0.15) is 4.11 Å². The molecule has 0 atom stereocenters. The Morgan fingerprint density at radius 3 is 2.77 bits per heavy atom. The van der Waals surface area contributed by atoms with Gasteiger partial charge in [0.25, 0.3) is 0 Å². The van der Waals surface area contributed by atoms with E-state index in [1.165, 1.54) is 6.07 Å². The lowest BCUT2D eigenvalue weighted by Crippen LogP contribution is -2.48. The van der Waals surface area contributed by atoms with Crippen LogP contribution in [0, 0.1) is 5.82 Å². The summed E-state index contributed by atoms with van der Waals surface area (Å²) in [5.41, 5.74) is 0.569. The zero-order valence-electron chi connectivity index (χ0n) is 16.0. The van der Waals surface area contributed by atoms with Gasteiger partial charge in [-0.1, -0.05) is 0 Å². The fourth-order valence-corrected chi connectivity index (χ4v) is 2.52. The molecule has 0 unspecified atom stereocenters. The van der Waals surface area contributed by atoms with E-state index in [1.54, 1.807) is 12.1 Å². The molecular weight excluding hydrogens is 285 g/mol. The molecule has 0 radical (unpaired) electrons. The number of nitrogens with zero attached hydrogens (tertiary/aromatic N) is 2. The van der Waals surface area contributed by atoms with E-state index in [-0.39, 0.29) is 19.0 Å². The van der Waals surface area contributed by atoms with Gasteiger partial charge in [0.2, 0.25) is 0 Å². The van der Waals surface area contributed by atoms with Crippen molar-refractivity contribution in [3.05, 3.63) is 24.0 Å². The lowest BCUT2D eigenvalue weighted by atomic mass is 10.2. The van der Waals surface area contributed by atoms with E-state index in [1.807, 2.05) is 11.9 Å². The first-order valence-corrected chi connectivity index (χ1v) is 7.57. The molecule has 124 valence electrons. The van der Waals surface area contributed by atoms with E-state index in [2.05, 4.69) is 15.0 Å². The highest BCUT2D eigenvalue weighted by molar-refractivity contribution is 5.51. The molecule has 1 aliphatic heterocycles. The number of hydrogen-bond donors (Lipinski definition) is 1. The zero-order valence-corrected chi connectivity index (χ0v) is 13.0. The Bertz CT molecular complexity index is 538. The van der Waals surface area contributed by atoms with Gasteiger partial charge in [-0.15, -0.1) is 0 Å². The second-order valence-corrected chi connectivity index (χ2v) is 5.24. The van der Waals surface area contributed by atoms with Crippen LogP contribution in [-0.2, 0) is 4.74 Å². The molecule has 0 aliphatic carbocycles. The van der Waals surface area contributed by atoms with Crippen LogP contribution in [0.15, 0.2) is 18.2 Å². The van der Waals surface area contributed by atoms with Crippen molar-refractivity contribution in [2.24, 2.45) is 0 Å². The van der Waals surface area contributed by atoms with Crippen molar-refractivity contribution in [2.45, 2.75) is 0 Å². The molecule has 1 saturated heterocycles. The van der Waals surface area contributed by atoms with Crippen LogP contribution < -0.4 is 15.0 Å². The van der Waals surface area contributed by atoms with Crippen LogP contribution in [0.2, 0.25) is 0 Å². The molecule has 1 aliphatic rings. The fourth-order valence-electron chi connectivity index (χ4n) is 2.52. The van der Waals surface area contributed by atoms with Gasteiger partial charge in [-0.3, -0.25) is 4.90 Å². The standard InChI is InChI=1S/C16H26FN3O2/c1-18-5-6-19-7-9-20(10-8-19)16-4-3-14(13-15(16)17)22-12-11-21-2/h3-4,13,18H,5-12H2,1-2H3/i2D3. The molecule has 0 aromatic heterocycles. The van der Waals surface area contributed by atoms with Gasteiger partial charge in [0.15, 0.2) is 0 Å². The van der Waals surface area contributed by atoms with E-state index in [4.69, 9.17) is 8.85 Å². The van der Waals surface area contributed by atoms with Crippen LogP contribution in [0.5, 0.6) is 5.75 Å². The summed E-state index contributed by atoms with van der Waals surface area (Å²) in [5, 5.41) is 3.13. The first-order chi connectivity index (χ1) is 11.9. The summed E-state index contributed by atoms with van der Waals surface area (Å²) in [6.07, 6.45) is 0. The summed E-state index contributed by atoms with van der Waals surface area (Å²) in [5.74, 6) is 0.0287. The summed E-state index contributed by atoms with van der Waals surface area (Å²) >= 11 is 0. The van der Waals surface area contributed by atoms with Gasteiger partial charge in [-0.25, -0.2) is 4.39 Å². The summed E-state index contributed by atoms with van der Waals surface area (Å²) in [6.45, 7) is 5.32. The van der Waals surface area contributed by atoms with Crippen molar-refractivity contribution in [3.8, 4) is 5.75 Å². The van der Waals surface area contributed by atoms with E-state index >= 15 is 0 Å². The number of ether oxygens (including phenoxy) is 2. The molecule has 0 bridgehead atoms. The molecule has 2 rings (SSSR count). The largest absolute Gasteiger partial charge is 0.491 e. The molecule has 1 fully saturated rings. The maximum atomic E-state index is 14.4. The Kier molecular flexibility index (Phi) is 5.32. The normalized spacial score (nSPS) is 18.6. The quantitative estimate of drug-likeness (QED) is 0.730. The summed E-state index contributed by atoms with van der Waals surface area (Å²) in [7, 11) is -0.502. The Morgan fingerprint density at radius 2 is 2.09 bits per heavy atom. The monoisotopic (exact) mass is 314 g/mol. The molecule has 1 aromatic carbocycles. The van der Waals surface area contributed by atoms with Gasteiger partial charge >= 0.3 is 0 Å². The van der Waals surface area contributed by atoms with Crippen molar-refractivity contribution in [3.63, 3.8) is 0 Å². The lowest BCUT2D eigenvalue weighted by molar-refractivity contribution is 0.146. The second kappa shape index (κ2) is 8.92. The highest BCUT2D eigenvalue weighted by atomic mass is 19.1. The predicted molar refractivity (Wildman–Crippen MR) is 86.4 cm³/mol. The van der Waals surface area contributed by atoms with Crippen molar-refractivity contribution < 1.29 is 18.0 Å². The molecule has 5 nitrogen and oxygen atoms in total. The number of piperazine rings is 1. The third-order valence-corrected chi connectivity index (χ3v) is 3.76. The minimum Gasteiger partial charge on any atom is -0.491 e. The highest BCUT2D eigenvalue weighted by Gasteiger charge is 2.19. The van der Waals surface area contributed by atoms with Crippen LogP contribution in [0.25, 0.3) is 0 Å². The summed E-state index contributed by atoms with van der Waals surface area (Å²) < 4.78 is 45.1. The average molecular weight is 314 g/mol. The predicted octanol–water partition coefficient (Wildman–Crippen LogP) is 1.19. The molecular formula is C16H26FN3O2. The van der Waals surface area contributed by atoms with Crippen LogP contribution in [0.3, 0.4) is 0 Å². The summed E-state index contributed by atoms with van der Waals surface area (Å²) in [6, 6.07) is 4.73. The first-order valence-electron chi connectivity index (χ1n) is 9.07. The van der Waals surface area contributed by atoms with Gasteiger partial charge in [-0.2, -0.15) is 0 Å². The van der Waals surface area contributed by atoms with Crippen LogP contribution >= 0.6 is 0 Å². The molecule has 6 heteroatoms. The SMILES string of the molecule is [2H]C([2H])([2H])OCCOc1ccc(N2CCN(CCNC)CC2)c(F)c1. The number of hydrogen-bond acceptors (Lipinski definition) is 5. The van der Waals surface area contributed by atoms with Crippen molar-refractivity contribution in [1.82, 2.24) is 10.2 Å². The number of benzene rings is 1. The molecule has 0 spiro atoms. The molecule has 1 N–H and O–H groups in total. The van der Waals surface area contributed by atoms with Gasteiger partial charge in [0, 0.05) is 52.4 Å². The van der Waals surface area contributed by atoms with Crippen molar-refractivity contribution in [2.75, 3.05) is 71.5 Å². The Hall–Kier alpha value is -1.37. The number of halogens is 1. The average Bonchev–Trinajstić information content (AvgIpc) is 2.57. The van der Waals surface area contributed by atoms with Crippen LogP contribution in [0.4, 0.5) is 10.1 Å². The number of anilines is 1. The van der Waals surface area contributed by atoms with Crippen molar-refractivity contribution >= 4 is 5.69 Å². The van der Waals surface area contributed by atoms with E-state index in [0.29, 0.717) is 11.4 Å². The number of nitrogens with one attached hydrogen (secondary N) is 1. The zero-order chi connectivity index (χ0) is 18.3. The highest BCUT2D eigenvalue weighted by Crippen LogP contribution is 2.25. The third kappa shape index (κ3) is 4.83. The smallest absolute Gasteiger partial charge is 0.150 e. The maximum Gasteiger partial charge on any atom is 0.150 e. The second-order valence-electron chi connectivity index (χ2n) is 5.24. The minimum atomic E-state index is -2.44. The molecule has 1 heterocycles. The van der Waals surface area contributed by atoms with Gasteiger partial charge in [0.05, 0.1) is 16.4 Å². The molecule has 0 amide bonds. The Balaban J connectivity index is 1.81. The van der Waals surface area contributed by atoms with Crippen LogP contribution in [-0.4, -0.2) is 71.5 Å².